The van der Waals surface area contributed by atoms with Crippen LogP contribution >= 0.6 is 68.0 Å². The molecule has 13 aromatic rings. The Balaban J connectivity index is 1.01. The molecule has 0 unspecified atom stereocenters. The van der Waals surface area contributed by atoms with Gasteiger partial charge in [-0.3, -0.25) is 0 Å². The Bertz CT molecular complexity index is 6240. The van der Waals surface area contributed by atoms with Crippen molar-refractivity contribution in [1.29, 1.82) is 0 Å². The lowest BCUT2D eigenvalue weighted by Gasteiger charge is -2.13. The van der Waals surface area contributed by atoms with Crippen LogP contribution in [-0.4, -0.2) is 19.9 Å². The maximum absolute atomic E-state index is 16.9. The standard InChI is InChI=1S/C94H64F10N4S6/c1-41-33-45(5)73(46(6)34-41)79-57-17-13-53(105-57)77(83-85(95)89(99)93(103)90(100)86(83)96)54-14-18-58(106-54)80(74-47(7)35-42(2)36-48(74)8)70-31-27-67(113-70)63-23-24-64(110-63)68-28-32-72(114-68)82(76-51(11)39-44(4)40-52(76)12)60-20-16-56(108-60)78(84-87(97)91(101)94(104)92(102)88(84)98)55-15-19-59(107-55)81(75-49(9)37-43(3)38-50(75)10)71-30-26-66(112-71)62-22-21-61(109-62)65-25-29-69(79)111-65/h13-40H,1-12H3. The smallest absolute Gasteiger partial charge is 0.200 e. The Morgan fingerprint density at radius 1 is 0.167 bits per heavy atom. The van der Waals surface area contributed by atoms with Crippen molar-refractivity contribution in [2.45, 2.75) is 83.1 Å². The van der Waals surface area contributed by atoms with Gasteiger partial charge < -0.3 is 0 Å². The van der Waals surface area contributed by atoms with E-state index in [0.29, 0.717) is 45.0 Å². The molecule has 7 aromatic heterocycles. The minimum Gasteiger partial charge on any atom is -0.248 e. The largest absolute Gasteiger partial charge is 0.248 e. The van der Waals surface area contributed by atoms with E-state index in [4.69, 9.17) is 19.9 Å². The number of nitrogens with zero attached hydrogens (tertiary/aromatic N) is 4. The lowest BCUT2D eigenvalue weighted by molar-refractivity contribution is 0.381. The van der Waals surface area contributed by atoms with E-state index < -0.39 is 80.4 Å². The summed E-state index contributed by atoms with van der Waals surface area (Å²) in [4.78, 5) is 20.7. The summed E-state index contributed by atoms with van der Waals surface area (Å²) in [5, 5.41) is 0. The first-order chi connectivity index (χ1) is 54.6. The average Bonchev–Trinajstić information content (AvgIpc) is 1.40. The first kappa shape index (κ1) is 75.8. The summed E-state index contributed by atoms with van der Waals surface area (Å²) in [7, 11) is 0. The third kappa shape index (κ3) is 13.0. The van der Waals surface area contributed by atoms with Crippen LogP contribution in [0.25, 0.3) is 172 Å². The molecule has 4 aliphatic heterocycles. The highest BCUT2D eigenvalue weighted by atomic mass is 32.1. The number of benzene rings is 6. The van der Waals surface area contributed by atoms with Crippen LogP contribution in [0.3, 0.4) is 0 Å². The van der Waals surface area contributed by atoms with Crippen molar-refractivity contribution in [3.05, 3.63) is 292 Å². The molecular weight excluding hydrogens is 1570 g/mol. The van der Waals surface area contributed by atoms with Crippen LogP contribution in [0.2, 0.25) is 0 Å². The SMILES string of the molecule is Cc1cc(C)c(-c2c3nc(c(-c4c(F)c(F)c(F)c(F)c4F)c4nc(c(-c5c(C)cc(C)cc5C)c5ccc(s5)c5ccc(s5)c5ccc(s5)c(-c5c(C)cc(C)cc5C)c5nc(c(-c6c(F)c(F)c(F)c(F)c6F)c6nc(c(-c7c(C)cc(C)cc7C)c7ccc(s7)c7ccc(s7)c7ccc2s7)C=C6)C=C5)C=C4)C=C3)c(C)c1. The first-order valence-corrected chi connectivity index (χ1v) is 41.3. The predicted octanol–water partition coefficient (Wildman–Crippen LogP) is 30.3. The molecule has 20 bridgehead atoms. The fourth-order valence-corrected chi connectivity index (χ4v) is 23.1. The minimum atomic E-state index is -2.30. The molecule has 0 amide bonds. The van der Waals surface area contributed by atoms with Crippen molar-refractivity contribution < 1.29 is 43.9 Å². The van der Waals surface area contributed by atoms with Crippen molar-refractivity contribution in [2.24, 2.45) is 0 Å². The lowest BCUT2D eigenvalue weighted by atomic mass is 9.93. The maximum Gasteiger partial charge on any atom is 0.200 e. The Kier molecular flexibility index (Phi) is 19.4. The van der Waals surface area contributed by atoms with Crippen LogP contribution in [-0.2, 0) is 0 Å². The van der Waals surface area contributed by atoms with Crippen LogP contribution in [0.15, 0.2) is 121 Å². The number of hydrogen-bond acceptors (Lipinski definition) is 10. The molecule has 0 spiro atoms. The van der Waals surface area contributed by atoms with Crippen molar-refractivity contribution in [3.8, 4) is 66.8 Å². The minimum absolute atomic E-state index is 0.0915. The van der Waals surface area contributed by atoms with Gasteiger partial charge in [-0.1, -0.05) is 70.8 Å². The number of halogens is 10. The van der Waals surface area contributed by atoms with Crippen molar-refractivity contribution in [3.63, 3.8) is 0 Å². The Morgan fingerprint density at radius 3 is 0.482 bits per heavy atom. The van der Waals surface area contributed by atoms with Gasteiger partial charge in [0.15, 0.2) is 46.5 Å². The highest BCUT2D eigenvalue weighted by Crippen LogP contribution is 2.49. The van der Waals surface area contributed by atoms with Gasteiger partial charge in [0.25, 0.3) is 0 Å². The van der Waals surface area contributed by atoms with Gasteiger partial charge in [-0.15, -0.1) is 68.0 Å². The van der Waals surface area contributed by atoms with E-state index in [1.54, 1.807) is 47.0 Å². The highest BCUT2D eigenvalue weighted by Gasteiger charge is 2.34. The molecule has 0 atom stereocenters. The van der Waals surface area contributed by atoms with Crippen LogP contribution in [0.5, 0.6) is 0 Å². The van der Waals surface area contributed by atoms with E-state index in [2.05, 4.69) is 48.5 Å². The van der Waals surface area contributed by atoms with Gasteiger partial charge in [-0.2, -0.15) is 0 Å². The molecule has 0 fully saturated rings. The molecule has 20 heteroatoms. The third-order valence-corrected chi connectivity index (χ3v) is 28.2. The predicted molar refractivity (Wildman–Crippen MR) is 460 cm³/mol. The molecule has 4 aliphatic rings. The maximum atomic E-state index is 16.9. The normalized spacial score (nSPS) is 12.3. The van der Waals surface area contributed by atoms with Crippen molar-refractivity contribution >= 4 is 173 Å². The van der Waals surface area contributed by atoms with Gasteiger partial charge in [-0.25, -0.2) is 63.8 Å². The summed E-state index contributed by atoms with van der Waals surface area (Å²) >= 11 is 9.05. The molecule has 11 heterocycles. The van der Waals surface area contributed by atoms with Gasteiger partial charge in [0.05, 0.1) is 56.7 Å². The zero-order valence-corrected chi connectivity index (χ0v) is 68.1. The van der Waals surface area contributed by atoms with Crippen molar-refractivity contribution in [2.75, 3.05) is 0 Å². The average molecular weight is 1630 g/mol. The number of fused-ring (bicyclic) bond motifs is 24. The number of aryl methyl sites for hydroxylation is 12. The summed E-state index contributed by atoms with van der Waals surface area (Å²) in [5.74, 6) is -21.2. The monoisotopic (exact) mass is 1630 g/mol. The molecule has 566 valence electrons. The summed E-state index contributed by atoms with van der Waals surface area (Å²) < 4.78 is 172. The van der Waals surface area contributed by atoms with Crippen molar-refractivity contribution in [1.82, 2.24) is 19.9 Å². The number of aromatic nitrogens is 4. The van der Waals surface area contributed by atoms with E-state index in [0.717, 1.165) is 145 Å². The summed E-state index contributed by atoms with van der Waals surface area (Å²) in [5.41, 5.74) is 15.1. The molecule has 0 N–H and O–H groups in total. The lowest BCUT2D eigenvalue weighted by Crippen LogP contribution is -2.06. The fraction of sp³-hybridized carbons (Fsp3) is 0.128. The first-order valence-electron chi connectivity index (χ1n) is 36.4. The molecule has 17 rings (SSSR count). The number of rotatable bonds is 6. The van der Waals surface area contributed by atoms with Gasteiger partial charge in [0, 0.05) is 89.8 Å². The number of thiophene rings is 6. The van der Waals surface area contributed by atoms with E-state index in [9.17, 15) is 0 Å². The molecule has 6 aromatic carbocycles. The zero-order chi connectivity index (χ0) is 80.0. The van der Waals surface area contributed by atoms with Gasteiger partial charge in [0.1, 0.15) is 0 Å². The topological polar surface area (TPSA) is 51.6 Å². The molecular formula is C94H64F10N4S6. The zero-order valence-electron chi connectivity index (χ0n) is 63.2. The summed E-state index contributed by atoms with van der Waals surface area (Å²) in [6.45, 7) is 23.9. The fourth-order valence-electron chi connectivity index (χ4n) is 16.4. The Morgan fingerprint density at radius 2 is 0.307 bits per heavy atom. The number of hydrogen-bond donors (Lipinski definition) is 0. The molecule has 0 radical (unpaired) electrons. The molecule has 0 aliphatic carbocycles. The quantitative estimate of drug-likeness (QED) is 0.0946. The van der Waals surface area contributed by atoms with E-state index >= 15 is 43.9 Å². The molecule has 0 saturated carbocycles. The molecule has 0 saturated heterocycles. The molecule has 4 nitrogen and oxygen atoms in total. The van der Waals surface area contributed by atoms with Gasteiger partial charge in [-0.05, 0) is 271 Å². The third-order valence-electron chi connectivity index (χ3n) is 20.8. The van der Waals surface area contributed by atoms with Gasteiger partial charge in [0.2, 0.25) is 11.6 Å². The second kappa shape index (κ2) is 29.2. The summed E-state index contributed by atoms with van der Waals surface area (Å²) in [6, 6.07) is 40.5. The van der Waals surface area contributed by atoms with E-state index in [-0.39, 0.29) is 22.8 Å². The second-order valence-corrected chi connectivity index (χ2v) is 35.6. The van der Waals surface area contributed by atoms with Crippen LogP contribution in [0, 0.1) is 141 Å². The van der Waals surface area contributed by atoms with Crippen LogP contribution in [0.4, 0.5) is 43.9 Å². The van der Waals surface area contributed by atoms with Crippen LogP contribution in [0.1, 0.15) is 112 Å². The van der Waals surface area contributed by atoms with Gasteiger partial charge >= 0.3 is 0 Å². The Labute approximate surface area is 673 Å². The van der Waals surface area contributed by atoms with E-state index in [1.165, 1.54) is 69.7 Å². The second-order valence-electron chi connectivity index (χ2n) is 29.1. The summed E-state index contributed by atoms with van der Waals surface area (Å²) in [6.07, 6.45) is 12.9. The Hall–Kier alpha value is -10.8. The van der Waals surface area contributed by atoms with E-state index in [1.807, 2.05) is 156 Å². The highest BCUT2D eigenvalue weighted by molar-refractivity contribution is 7.34. The van der Waals surface area contributed by atoms with Crippen LogP contribution < -0.4 is 0 Å². The molecule has 114 heavy (non-hydrogen) atoms.